The molecule has 4 nitrogen and oxygen atoms in total. The standard InChI is InChI=1S/C23H14Cl2N2O2S/c24-15-5-1-3-13(9-15)23-20(22(28)14-4-2-8-26-11-14)21(27-29-23)18-12-30-19-7-6-16(25)10-17(18)19/h1-12,22,28H. The van der Waals surface area contributed by atoms with E-state index in [1.54, 1.807) is 41.9 Å². The van der Waals surface area contributed by atoms with E-state index in [1.807, 2.05) is 41.8 Å². The first kappa shape index (κ1) is 19.3. The summed E-state index contributed by atoms with van der Waals surface area (Å²) in [5.41, 5.74) is 3.35. The number of aromatic nitrogens is 2. The first-order valence-electron chi connectivity index (χ1n) is 9.12. The van der Waals surface area contributed by atoms with Crippen LogP contribution in [0.25, 0.3) is 32.7 Å². The van der Waals surface area contributed by atoms with Crippen molar-refractivity contribution in [3.63, 3.8) is 0 Å². The number of pyridine rings is 1. The Bertz CT molecular complexity index is 1350. The lowest BCUT2D eigenvalue weighted by atomic mass is 9.95. The maximum absolute atomic E-state index is 11.3. The van der Waals surface area contributed by atoms with Gasteiger partial charge < -0.3 is 9.63 Å². The van der Waals surface area contributed by atoms with Gasteiger partial charge in [-0.1, -0.05) is 46.6 Å². The van der Waals surface area contributed by atoms with Crippen LogP contribution in [0.3, 0.4) is 0 Å². The van der Waals surface area contributed by atoms with Crippen molar-refractivity contribution in [2.24, 2.45) is 0 Å². The predicted molar refractivity (Wildman–Crippen MR) is 121 cm³/mol. The fourth-order valence-electron chi connectivity index (χ4n) is 3.47. The van der Waals surface area contributed by atoms with Gasteiger partial charge in [0.25, 0.3) is 0 Å². The zero-order chi connectivity index (χ0) is 20.7. The van der Waals surface area contributed by atoms with E-state index in [1.165, 1.54) is 0 Å². The largest absolute Gasteiger partial charge is 0.383 e. The SMILES string of the molecule is OC(c1cccnc1)c1c(-c2csc3ccc(Cl)cc23)noc1-c1cccc(Cl)c1. The van der Waals surface area contributed by atoms with E-state index in [0.29, 0.717) is 32.6 Å². The normalized spacial score (nSPS) is 12.4. The molecule has 0 fully saturated rings. The van der Waals surface area contributed by atoms with Crippen molar-refractivity contribution in [1.82, 2.24) is 10.1 Å². The summed E-state index contributed by atoms with van der Waals surface area (Å²) in [6.07, 6.45) is 2.31. The molecule has 1 unspecified atom stereocenters. The van der Waals surface area contributed by atoms with Crippen LogP contribution in [0.1, 0.15) is 17.2 Å². The lowest BCUT2D eigenvalue weighted by Crippen LogP contribution is -2.02. The second kappa shape index (κ2) is 7.85. The van der Waals surface area contributed by atoms with Gasteiger partial charge in [-0.15, -0.1) is 11.3 Å². The van der Waals surface area contributed by atoms with Gasteiger partial charge in [0.2, 0.25) is 0 Å². The molecule has 2 aromatic carbocycles. The molecule has 3 heterocycles. The van der Waals surface area contributed by atoms with Gasteiger partial charge in [0, 0.05) is 54.6 Å². The van der Waals surface area contributed by atoms with Crippen LogP contribution in [0, 0.1) is 0 Å². The minimum atomic E-state index is -0.983. The number of benzene rings is 2. The number of thiophene rings is 1. The van der Waals surface area contributed by atoms with Crippen LogP contribution in [0.4, 0.5) is 0 Å². The third-order valence-electron chi connectivity index (χ3n) is 4.88. The molecule has 0 aliphatic heterocycles. The minimum Gasteiger partial charge on any atom is -0.383 e. The Labute approximate surface area is 186 Å². The Hall–Kier alpha value is -2.70. The Morgan fingerprint density at radius 1 is 1.00 bits per heavy atom. The van der Waals surface area contributed by atoms with Crippen LogP contribution in [0.15, 0.2) is 76.9 Å². The van der Waals surface area contributed by atoms with Gasteiger partial charge >= 0.3 is 0 Å². The van der Waals surface area contributed by atoms with Crippen molar-refractivity contribution in [2.45, 2.75) is 6.10 Å². The zero-order valence-corrected chi connectivity index (χ0v) is 17.7. The van der Waals surface area contributed by atoms with E-state index < -0.39 is 6.10 Å². The molecule has 5 rings (SSSR count). The lowest BCUT2D eigenvalue weighted by Gasteiger charge is -2.12. The molecule has 0 radical (unpaired) electrons. The third kappa shape index (κ3) is 3.40. The van der Waals surface area contributed by atoms with Crippen LogP contribution in [-0.2, 0) is 0 Å². The highest BCUT2D eigenvalue weighted by Crippen LogP contribution is 2.43. The van der Waals surface area contributed by atoms with Crippen LogP contribution in [0.2, 0.25) is 10.0 Å². The van der Waals surface area contributed by atoms with Gasteiger partial charge in [0.1, 0.15) is 11.8 Å². The van der Waals surface area contributed by atoms with Gasteiger partial charge in [0.05, 0.1) is 5.56 Å². The monoisotopic (exact) mass is 452 g/mol. The third-order valence-corrected chi connectivity index (χ3v) is 6.31. The maximum atomic E-state index is 11.3. The number of hydrogen-bond acceptors (Lipinski definition) is 5. The molecule has 1 atom stereocenters. The molecule has 3 aromatic heterocycles. The summed E-state index contributed by atoms with van der Waals surface area (Å²) in [6.45, 7) is 0. The number of nitrogens with zero attached hydrogens (tertiary/aromatic N) is 2. The van der Waals surface area contributed by atoms with Gasteiger partial charge in [-0.2, -0.15) is 0 Å². The predicted octanol–water partition coefficient (Wildman–Crippen LogP) is 7.01. The highest BCUT2D eigenvalue weighted by Gasteiger charge is 2.28. The molecule has 7 heteroatoms. The fourth-order valence-corrected chi connectivity index (χ4v) is 4.76. The summed E-state index contributed by atoms with van der Waals surface area (Å²) in [5.74, 6) is 0.463. The number of aliphatic hydroxyl groups excluding tert-OH is 1. The van der Waals surface area contributed by atoms with Crippen LogP contribution in [-0.4, -0.2) is 15.2 Å². The summed E-state index contributed by atoms with van der Waals surface area (Å²) >= 11 is 14.0. The van der Waals surface area contributed by atoms with Gasteiger partial charge in [-0.25, -0.2) is 0 Å². The first-order valence-corrected chi connectivity index (χ1v) is 10.8. The highest BCUT2D eigenvalue weighted by atomic mass is 35.5. The molecule has 0 bridgehead atoms. The van der Waals surface area contributed by atoms with Crippen molar-refractivity contribution >= 4 is 44.6 Å². The van der Waals surface area contributed by atoms with E-state index in [9.17, 15) is 5.11 Å². The van der Waals surface area contributed by atoms with E-state index in [-0.39, 0.29) is 0 Å². The Kier molecular flexibility index (Phi) is 5.05. The number of hydrogen-bond donors (Lipinski definition) is 1. The van der Waals surface area contributed by atoms with Crippen molar-refractivity contribution in [3.05, 3.63) is 93.5 Å². The lowest BCUT2D eigenvalue weighted by molar-refractivity contribution is 0.220. The molecule has 30 heavy (non-hydrogen) atoms. The maximum Gasteiger partial charge on any atom is 0.173 e. The van der Waals surface area contributed by atoms with Gasteiger partial charge in [-0.05, 0) is 36.4 Å². The van der Waals surface area contributed by atoms with Gasteiger partial charge in [0.15, 0.2) is 5.76 Å². The number of rotatable bonds is 4. The van der Waals surface area contributed by atoms with E-state index >= 15 is 0 Å². The zero-order valence-electron chi connectivity index (χ0n) is 15.4. The minimum absolute atomic E-state index is 0.463. The molecule has 1 N–H and O–H groups in total. The van der Waals surface area contributed by atoms with Crippen molar-refractivity contribution < 1.29 is 9.63 Å². The summed E-state index contributed by atoms with van der Waals surface area (Å²) in [7, 11) is 0. The number of fused-ring (bicyclic) bond motifs is 1. The molecule has 0 saturated heterocycles. The Morgan fingerprint density at radius 2 is 1.87 bits per heavy atom. The van der Waals surface area contributed by atoms with Crippen molar-refractivity contribution in [2.75, 3.05) is 0 Å². The van der Waals surface area contributed by atoms with Crippen LogP contribution < -0.4 is 0 Å². The van der Waals surface area contributed by atoms with E-state index in [0.717, 1.165) is 21.2 Å². The average Bonchev–Trinajstić information content (AvgIpc) is 3.37. The van der Waals surface area contributed by atoms with Crippen LogP contribution in [0.5, 0.6) is 0 Å². The molecule has 148 valence electrons. The summed E-state index contributed by atoms with van der Waals surface area (Å²) in [5, 5.41) is 19.8. The molecule has 0 amide bonds. The van der Waals surface area contributed by atoms with Crippen molar-refractivity contribution in [1.29, 1.82) is 0 Å². The van der Waals surface area contributed by atoms with Crippen LogP contribution >= 0.6 is 34.5 Å². The first-order chi connectivity index (χ1) is 14.6. The molecule has 5 aromatic rings. The van der Waals surface area contributed by atoms with E-state index in [2.05, 4.69) is 10.1 Å². The summed E-state index contributed by atoms with van der Waals surface area (Å²) < 4.78 is 6.84. The second-order valence-electron chi connectivity index (χ2n) is 6.76. The smallest absolute Gasteiger partial charge is 0.173 e. The molecule has 0 spiro atoms. The highest BCUT2D eigenvalue weighted by molar-refractivity contribution is 7.17. The summed E-state index contributed by atoms with van der Waals surface area (Å²) in [6, 6.07) is 16.6. The van der Waals surface area contributed by atoms with Crippen molar-refractivity contribution in [3.8, 4) is 22.6 Å². The Morgan fingerprint density at radius 3 is 2.67 bits per heavy atom. The molecule has 0 aliphatic rings. The summed E-state index contributed by atoms with van der Waals surface area (Å²) in [4.78, 5) is 4.14. The topological polar surface area (TPSA) is 59.2 Å². The second-order valence-corrected chi connectivity index (χ2v) is 8.55. The fraction of sp³-hybridized carbons (Fsp3) is 0.0435. The number of halogens is 2. The molecule has 0 saturated carbocycles. The molecule has 0 aliphatic carbocycles. The van der Waals surface area contributed by atoms with Gasteiger partial charge in [-0.3, -0.25) is 4.98 Å². The quantitative estimate of drug-likeness (QED) is 0.318. The Balaban J connectivity index is 1.76. The number of aliphatic hydroxyl groups is 1. The average molecular weight is 453 g/mol. The molecular formula is C23H14Cl2N2O2S. The molecular weight excluding hydrogens is 439 g/mol. The van der Waals surface area contributed by atoms with E-state index in [4.69, 9.17) is 27.7 Å².